The molecule has 166 valence electrons. The van der Waals surface area contributed by atoms with Crippen molar-refractivity contribution in [3.63, 3.8) is 0 Å². The van der Waals surface area contributed by atoms with E-state index in [1.165, 1.54) is 28.1 Å². The van der Waals surface area contributed by atoms with Crippen LogP contribution in [0.4, 0.5) is 34.8 Å². The number of carbonyl (C=O) groups is 1. The molecule has 4 rings (SSSR count). The van der Waals surface area contributed by atoms with Crippen molar-refractivity contribution in [1.82, 2.24) is 24.8 Å². The van der Waals surface area contributed by atoms with Gasteiger partial charge in [-0.2, -0.15) is 23.4 Å². The van der Waals surface area contributed by atoms with Crippen molar-refractivity contribution in [3.05, 3.63) is 35.9 Å². The van der Waals surface area contributed by atoms with Crippen LogP contribution in [0.5, 0.6) is 0 Å². The molecule has 2 aromatic rings. The van der Waals surface area contributed by atoms with E-state index in [1.807, 2.05) is 4.90 Å². The molecule has 1 amide bonds. The number of hydrogen-bond acceptors (Lipinski definition) is 7. The number of nitrogen functional groups attached to an aromatic ring is 1. The Morgan fingerprint density at radius 2 is 1.97 bits per heavy atom. The van der Waals surface area contributed by atoms with Crippen LogP contribution in [-0.2, 0) is 6.67 Å². The topological polar surface area (TPSA) is 95.5 Å². The molecule has 3 N–H and O–H groups in total. The number of halogens is 4. The summed E-state index contributed by atoms with van der Waals surface area (Å²) in [6, 6.07) is 1.69. The second-order valence-corrected chi connectivity index (χ2v) is 7.23. The van der Waals surface area contributed by atoms with Crippen molar-refractivity contribution in [2.75, 3.05) is 48.7 Å². The lowest BCUT2D eigenvalue weighted by Crippen LogP contribution is -2.49. The Balaban J connectivity index is 1.50. The number of aromatic nitrogens is 3. The maximum atomic E-state index is 13.4. The third-order valence-electron chi connectivity index (χ3n) is 5.07. The smallest absolute Gasteiger partial charge is 0.382 e. The number of fused-ring (bicyclic) bond motifs is 1. The number of alkyl halides is 3. The maximum absolute atomic E-state index is 13.4. The van der Waals surface area contributed by atoms with Gasteiger partial charge in [0.2, 0.25) is 0 Å². The minimum Gasteiger partial charge on any atom is -0.382 e. The number of amides is 1. The Labute approximate surface area is 174 Å². The number of nitrogens with zero attached hydrogens (tertiary/aromatic N) is 6. The van der Waals surface area contributed by atoms with E-state index < -0.39 is 18.6 Å². The second-order valence-electron chi connectivity index (χ2n) is 7.23. The van der Waals surface area contributed by atoms with Gasteiger partial charge in [-0.25, -0.2) is 4.68 Å². The molecule has 1 saturated heterocycles. The van der Waals surface area contributed by atoms with E-state index in [4.69, 9.17) is 5.73 Å². The molecule has 9 nitrogen and oxygen atoms in total. The van der Waals surface area contributed by atoms with Gasteiger partial charge in [0.15, 0.2) is 5.82 Å². The Kier molecular flexibility index (Phi) is 5.43. The highest BCUT2D eigenvalue weighted by Crippen LogP contribution is 2.29. The monoisotopic (exact) mass is 440 g/mol. The van der Waals surface area contributed by atoms with E-state index in [9.17, 15) is 22.4 Å². The zero-order chi connectivity index (χ0) is 22.2. The van der Waals surface area contributed by atoms with Crippen molar-refractivity contribution in [2.45, 2.75) is 12.8 Å². The Morgan fingerprint density at radius 3 is 2.68 bits per heavy atom. The molecule has 0 unspecified atom stereocenters. The van der Waals surface area contributed by atoms with Crippen molar-refractivity contribution in [3.8, 4) is 0 Å². The molecule has 31 heavy (non-hydrogen) atoms. The van der Waals surface area contributed by atoms with Crippen molar-refractivity contribution in [2.24, 2.45) is 0 Å². The lowest BCUT2D eigenvalue weighted by Gasteiger charge is -2.37. The van der Waals surface area contributed by atoms with Crippen LogP contribution in [0.2, 0.25) is 0 Å². The number of nitrogens with two attached hydrogens (primary N) is 1. The van der Waals surface area contributed by atoms with Crippen LogP contribution in [-0.4, -0.2) is 69.6 Å². The first-order valence-electron chi connectivity index (χ1n) is 9.47. The molecule has 1 fully saturated rings. The minimum absolute atomic E-state index is 0.0429. The van der Waals surface area contributed by atoms with Crippen LogP contribution in [0.1, 0.15) is 16.1 Å². The number of piperazine rings is 1. The van der Waals surface area contributed by atoms with Gasteiger partial charge in [-0.15, -0.1) is 0 Å². The van der Waals surface area contributed by atoms with E-state index in [2.05, 4.69) is 15.4 Å². The lowest BCUT2D eigenvalue weighted by atomic mass is 10.2. The van der Waals surface area contributed by atoms with Gasteiger partial charge in [-0.3, -0.25) is 14.7 Å². The SMILES string of the molecule is Nc1nn2c(c1C(=O)Nc1cnccc1N1CCN(CC(F)(F)F)CC1)C=CN(F)C2. The van der Waals surface area contributed by atoms with Crippen LogP contribution in [0.15, 0.2) is 24.7 Å². The predicted octanol–water partition coefficient (Wildman–Crippen LogP) is 1.93. The summed E-state index contributed by atoms with van der Waals surface area (Å²) >= 11 is 0. The highest BCUT2D eigenvalue weighted by molar-refractivity contribution is 6.10. The maximum Gasteiger partial charge on any atom is 0.401 e. The number of pyridine rings is 1. The Hall–Kier alpha value is -3.35. The summed E-state index contributed by atoms with van der Waals surface area (Å²) in [4.78, 5) is 20.2. The van der Waals surface area contributed by atoms with Crippen molar-refractivity contribution in [1.29, 1.82) is 0 Å². The quantitative estimate of drug-likeness (QED) is 0.554. The molecule has 0 aliphatic carbocycles. The number of hydrogen-bond donors (Lipinski definition) is 2. The summed E-state index contributed by atoms with van der Waals surface area (Å²) in [5.74, 6) is -0.584. The number of carbonyl (C=O) groups excluding carboxylic acids is 1. The van der Waals surface area contributed by atoms with E-state index in [0.29, 0.717) is 35.3 Å². The number of nitrogens with one attached hydrogen (secondary N) is 1. The van der Waals surface area contributed by atoms with E-state index in [-0.39, 0.29) is 31.1 Å². The van der Waals surface area contributed by atoms with Crippen LogP contribution in [0.3, 0.4) is 0 Å². The number of anilines is 3. The van der Waals surface area contributed by atoms with Gasteiger partial charge in [-0.1, -0.05) is 4.48 Å². The van der Waals surface area contributed by atoms with Gasteiger partial charge in [0.25, 0.3) is 5.91 Å². The molecule has 0 saturated carbocycles. The fourth-order valence-electron chi connectivity index (χ4n) is 3.68. The highest BCUT2D eigenvalue weighted by Gasteiger charge is 2.32. The molecule has 4 heterocycles. The predicted molar refractivity (Wildman–Crippen MR) is 106 cm³/mol. The van der Waals surface area contributed by atoms with Gasteiger partial charge in [-0.05, 0) is 12.1 Å². The number of rotatable bonds is 4. The first-order chi connectivity index (χ1) is 14.7. The fourth-order valence-corrected chi connectivity index (χ4v) is 3.68. The molecule has 0 radical (unpaired) electrons. The van der Waals surface area contributed by atoms with Crippen molar-refractivity contribution >= 4 is 29.2 Å². The third-order valence-corrected chi connectivity index (χ3v) is 5.07. The average molecular weight is 440 g/mol. The fraction of sp³-hybridized carbons (Fsp3) is 0.389. The van der Waals surface area contributed by atoms with Gasteiger partial charge in [0.1, 0.15) is 12.2 Å². The summed E-state index contributed by atoms with van der Waals surface area (Å²) in [5.41, 5.74) is 7.38. The van der Waals surface area contributed by atoms with Crippen LogP contribution >= 0.6 is 0 Å². The van der Waals surface area contributed by atoms with Gasteiger partial charge >= 0.3 is 6.18 Å². The molecular formula is C18H20F4N8O. The zero-order valence-electron chi connectivity index (χ0n) is 16.3. The van der Waals surface area contributed by atoms with E-state index in [1.54, 1.807) is 12.3 Å². The standard InChI is InChI=1S/C18H20F4N8O/c19-18(20,21)10-27-5-7-28(8-6-27)13-1-3-24-9-12(13)25-17(31)15-14-2-4-29(22)11-30(14)26-16(15)23/h1-4,9H,5-8,10-11H2,(H2,23,26)(H,25,31). The summed E-state index contributed by atoms with van der Waals surface area (Å²) in [6.07, 6.45) is 1.33. The largest absolute Gasteiger partial charge is 0.401 e. The zero-order valence-corrected chi connectivity index (χ0v) is 16.3. The molecule has 2 aliphatic rings. The highest BCUT2D eigenvalue weighted by atomic mass is 19.4. The molecular weight excluding hydrogens is 420 g/mol. The summed E-state index contributed by atoms with van der Waals surface area (Å²) in [5, 5.41) is 7.14. The van der Waals surface area contributed by atoms with Gasteiger partial charge in [0.05, 0.1) is 29.8 Å². The van der Waals surface area contributed by atoms with Crippen LogP contribution in [0, 0.1) is 0 Å². The van der Waals surface area contributed by atoms with E-state index in [0.717, 1.165) is 0 Å². The first kappa shape index (κ1) is 20.9. The van der Waals surface area contributed by atoms with Crippen molar-refractivity contribution < 1.29 is 22.4 Å². The summed E-state index contributed by atoms with van der Waals surface area (Å²) < 4.78 is 52.5. The third kappa shape index (κ3) is 4.55. The molecule has 0 spiro atoms. The lowest BCUT2D eigenvalue weighted by molar-refractivity contribution is -0.146. The molecule has 0 atom stereocenters. The molecule has 13 heteroatoms. The molecule has 0 aromatic carbocycles. The summed E-state index contributed by atoms with van der Waals surface area (Å²) in [7, 11) is 0. The molecule has 2 aliphatic heterocycles. The van der Waals surface area contributed by atoms with Gasteiger partial charge in [0, 0.05) is 38.6 Å². The second kappa shape index (κ2) is 8.06. The first-order valence-corrected chi connectivity index (χ1v) is 9.47. The molecule has 2 aromatic heterocycles. The normalized spacial score (nSPS) is 17.0. The summed E-state index contributed by atoms with van der Waals surface area (Å²) in [6.45, 7) is 0.0697. The Morgan fingerprint density at radius 1 is 1.23 bits per heavy atom. The van der Waals surface area contributed by atoms with Gasteiger partial charge < -0.3 is 16.0 Å². The minimum atomic E-state index is -4.24. The Bertz CT molecular complexity index is 997. The van der Waals surface area contributed by atoms with Crippen LogP contribution in [0.25, 0.3) is 6.08 Å². The average Bonchev–Trinajstić information content (AvgIpc) is 3.02. The van der Waals surface area contributed by atoms with Crippen LogP contribution < -0.4 is 16.0 Å². The van der Waals surface area contributed by atoms with E-state index >= 15 is 0 Å². The molecule has 0 bridgehead atoms.